The van der Waals surface area contributed by atoms with Crippen molar-refractivity contribution in [1.29, 1.82) is 0 Å². The van der Waals surface area contributed by atoms with E-state index in [1.54, 1.807) is 0 Å². The van der Waals surface area contributed by atoms with E-state index in [-0.39, 0.29) is 11.9 Å². The van der Waals surface area contributed by atoms with Crippen molar-refractivity contribution < 1.29 is 4.79 Å². The molecule has 1 amide bonds. The maximum Gasteiger partial charge on any atom is 0.246 e. The van der Waals surface area contributed by atoms with Crippen LogP contribution < -0.4 is 10.2 Å². The predicted molar refractivity (Wildman–Crippen MR) is 94.1 cm³/mol. The second-order valence-electron chi connectivity index (χ2n) is 6.57. The molecule has 0 aromatic heterocycles. The van der Waals surface area contributed by atoms with Gasteiger partial charge >= 0.3 is 0 Å². The molecule has 2 aromatic carbocycles. The molecule has 1 heterocycles. The first-order valence-corrected chi connectivity index (χ1v) is 8.49. The number of hydrogen-bond donors (Lipinski definition) is 1. The van der Waals surface area contributed by atoms with Gasteiger partial charge in [-0.1, -0.05) is 24.3 Å². The van der Waals surface area contributed by atoms with Crippen LogP contribution in [0.2, 0.25) is 0 Å². The van der Waals surface area contributed by atoms with Crippen LogP contribution in [-0.4, -0.2) is 18.5 Å². The Hall–Kier alpha value is -2.29. The molecule has 1 atom stereocenters. The van der Waals surface area contributed by atoms with Crippen LogP contribution in [0.5, 0.6) is 0 Å². The van der Waals surface area contributed by atoms with E-state index in [0.717, 1.165) is 25.1 Å². The second kappa shape index (κ2) is 5.73. The number of para-hydroxylation sites is 1. The lowest BCUT2D eigenvalue weighted by atomic mass is 10.1. The molecule has 0 radical (unpaired) electrons. The average Bonchev–Trinajstić information content (AvgIpc) is 3.20. The van der Waals surface area contributed by atoms with E-state index in [9.17, 15) is 4.79 Å². The third kappa shape index (κ3) is 2.61. The van der Waals surface area contributed by atoms with Gasteiger partial charge < -0.3 is 10.2 Å². The number of nitrogens with one attached hydrogen (secondary N) is 1. The monoisotopic (exact) mass is 306 g/mol. The average molecular weight is 306 g/mol. The molecule has 23 heavy (non-hydrogen) atoms. The van der Waals surface area contributed by atoms with Crippen LogP contribution in [-0.2, 0) is 24.1 Å². The first-order chi connectivity index (χ1) is 11.2. The molecule has 0 bridgehead atoms. The topological polar surface area (TPSA) is 32.3 Å². The van der Waals surface area contributed by atoms with Crippen LogP contribution in [0.3, 0.4) is 0 Å². The van der Waals surface area contributed by atoms with E-state index in [2.05, 4.69) is 40.5 Å². The van der Waals surface area contributed by atoms with Gasteiger partial charge in [0.05, 0.1) is 0 Å². The lowest BCUT2D eigenvalue weighted by Crippen LogP contribution is -2.41. The van der Waals surface area contributed by atoms with E-state index in [0.29, 0.717) is 0 Å². The molecule has 118 valence electrons. The summed E-state index contributed by atoms with van der Waals surface area (Å²) in [4.78, 5) is 14.9. The molecule has 3 heteroatoms. The summed E-state index contributed by atoms with van der Waals surface area (Å²) in [6.07, 6.45) is 4.55. The van der Waals surface area contributed by atoms with Crippen molar-refractivity contribution in [2.45, 2.75) is 38.6 Å². The maximum atomic E-state index is 12.7. The maximum absolute atomic E-state index is 12.7. The van der Waals surface area contributed by atoms with Crippen LogP contribution in [0.1, 0.15) is 30.0 Å². The minimum absolute atomic E-state index is 0.0691. The summed E-state index contributed by atoms with van der Waals surface area (Å²) in [5.41, 5.74) is 6.29. The van der Waals surface area contributed by atoms with Gasteiger partial charge in [0.25, 0.3) is 0 Å². The number of nitrogens with zero attached hydrogens (tertiary/aromatic N) is 1. The highest BCUT2D eigenvalue weighted by Crippen LogP contribution is 2.30. The van der Waals surface area contributed by atoms with E-state index in [1.807, 2.05) is 19.1 Å². The number of carbonyl (C=O) groups excluding carboxylic acids is 1. The standard InChI is InChI=1S/C20H22N2O/c1-14(22-12-11-16-5-2-3-8-19(16)22)20(23)21-18-10-9-15-6-4-7-17(15)13-18/h2-3,5,8-10,13-14H,4,6-7,11-12H2,1H3,(H,21,23)/t14-/m0/s1. The molecule has 1 aliphatic carbocycles. The number of hydrogen-bond acceptors (Lipinski definition) is 2. The zero-order valence-electron chi connectivity index (χ0n) is 13.5. The Balaban J connectivity index is 1.49. The summed E-state index contributed by atoms with van der Waals surface area (Å²) < 4.78 is 0. The number of anilines is 2. The summed E-state index contributed by atoms with van der Waals surface area (Å²) in [6.45, 7) is 2.91. The third-order valence-electron chi connectivity index (χ3n) is 5.14. The summed E-state index contributed by atoms with van der Waals surface area (Å²) >= 11 is 0. The molecule has 0 spiro atoms. The van der Waals surface area contributed by atoms with Crippen molar-refractivity contribution in [3.05, 3.63) is 59.2 Å². The van der Waals surface area contributed by atoms with Crippen molar-refractivity contribution in [3.63, 3.8) is 0 Å². The van der Waals surface area contributed by atoms with E-state index < -0.39 is 0 Å². The predicted octanol–water partition coefficient (Wildman–Crippen LogP) is 3.57. The molecule has 0 saturated heterocycles. The molecule has 2 aliphatic rings. The number of fused-ring (bicyclic) bond motifs is 2. The van der Waals surface area contributed by atoms with Gasteiger partial charge in [0.15, 0.2) is 0 Å². The Morgan fingerprint density at radius 2 is 1.87 bits per heavy atom. The fourth-order valence-corrected chi connectivity index (χ4v) is 3.80. The Morgan fingerprint density at radius 3 is 2.78 bits per heavy atom. The molecular formula is C20H22N2O. The van der Waals surface area contributed by atoms with Gasteiger partial charge in [0, 0.05) is 17.9 Å². The number of aryl methyl sites for hydroxylation is 2. The van der Waals surface area contributed by atoms with Crippen molar-refractivity contribution >= 4 is 17.3 Å². The first kappa shape index (κ1) is 14.3. The second-order valence-corrected chi connectivity index (χ2v) is 6.57. The van der Waals surface area contributed by atoms with E-state index in [4.69, 9.17) is 0 Å². The fourth-order valence-electron chi connectivity index (χ4n) is 3.80. The summed E-state index contributed by atoms with van der Waals surface area (Å²) in [5.74, 6) is 0.0691. The first-order valence-electron chi connectivity index (χ1n) is 8.49. The van der Waals surface area contributed by atoms with Gasteiger partial charge in [0.1, 0.15) is 6.04 Å². The van der Waals surface area contributed by atoms with Crippen LogP contribution in [0, 0.1) is 0 Å². The fraction of sp³-hybridized carbons (Fsp3) is 0.350. The normalized spacial score (nSPS) is 16.8. The molecule has 0 saturated carbocycles. The van der Waals surface area contributed by atoms with Gasteiger partial charge in [-0.25, -0.2) is 0 Å². The molecule has 1 aliphatic heterocycles. The minimum atomic E-state index is -0.160. The zero-order chi connectivity index (χ0) is 15.8. The van der Waals surface area contributed by atoms with Crippen molar-refractivity contribution in [2.24, 2.45) is 0 Å². The summed E-state index contributed by atoms with van der Waals surface area (Å²) in [6, 6.07) is 14.6. The number of amides is 1. The Morgan fingerprint density at radius 1 is 1.04 bits per heavy atom. The highest BCUT2D eigenvalue weighted by molar-refractivity contribution is 5.97. The van der Waals surface area contributed by atoms with Crippen LogP contribution >= 0.6 is 0 Å². The van der Waals surface area contributed by atoms with E-state index >= 15 is 0 Å². The quantitative estimate of drug-likeness (QED) is 0.940. The molecule has 3 nitrogen and oxygen atoms in total. The molecule has 1 N–H and O–H groups in total. The largest absolute Gasteiger partial charge is 0.359 e. The van der Waals surface area contributed by atoms with Gasteiger partial charge in [0.2, 0.25) is 5.91 Å². The Kier molecular flexibility index (Phi) is 3.56. The molecule has 2 aromatic rings. The Labute approximate surface area is 137 Å². The highest BCUT2D eigenvalue weighted by Gasteiger charge is 2.27. The van der Waals surface area contributed by atoms with Crippen molar-refractivity contribution in [1.82, 2.24) is 0 Å². The van der Waals surface area contributed by atoms with Crippen LogP contribution in [0.4, 0.5) is 11.4 Å². The third-order valence-corrected chi connectivity index (χ3v) is 5.14. The van der Waals surface area contributed by atoms with Crippen molar-refractivity contribution in [2.75, 3.05) is 16.8 Å². The number of carbonyl (C=O) groups is 1. The smallest absolute Gasteiger partial charge is 0.246 e. The minimum Gasteiger partial charge on any atom is -0.359 e. The number of benzene rings is 2. The number of rotatable bonds is 3. The Bertz CT molecular complexity index is 753. The van der Waals surface area contributed by atoms with Gasteiger partial charge in [-0.3, -0.25) is 4.79 Å². The van der Waals surface area contributed by atoms with Gasteiger partial charge in [-0.15, -0.1) is 0 Å². The van der Waals surface area contributed by atoms with Crippen LogP contribution in [0.25, 0.3) is 0 Å². The summed E-state index contributed by atoms with van der Waals surface area (Å²) in [7, 11) is 0. The summed E-state index contributed by atoms with van der Waals surface area (Å²) in [5, 5.41) is 3.10. The SMILES string of the molecule is C[C@@H](C(=O)Nc1ccc2c(c1)CCC2)N1CCc2ccccc21. The highest BCUT2D eigenvalue weighted by atomic mass is 16.2. The molecule has 0 fully saturated rings. The van der Waals surface area contributed by atoms with Gasteiger partial charge in [-0.2, -0.15) is 0 Å². The lowest BCUT2D eigenvalue weighted by Gasteiger charge is -2.26. The van der Waals surface area contributed by atoms with E-state index in [1.165, 1.54) is 35.2 Å². The molecular weight excluding hydrogens is 284 g/mol. The van der Waals surface area contributed by atoms with Gasteiger partial charge in [-0.05, 0) is 67.5 Å². The lowest BCUT2D eigenvalue weighted by molar-refractivity contribution is -0.117. The molecule has 4 rings (SSSR count). The van der Waals surface area contributed by atoms with Crippen LogP contribution in [0.15, 0.2) is 42.5 Å². The zero-order valence-corrected chi connectivity index (χ0v) is 13.5. The van der Waals surface area contributed by atoms with Crippen molar-refractivity contribution in [3.8, 4) is 0 Å². The molecule has 0 unspecified atom stereocenters.